The summed E-state index contributed by atoms with van der Waals surface area (Å²) in [5.74, 6) is 0.380. The van der Waals surface area contributed by atoms with Gasteiger partial charge >= 0.3 is 0 Å². The van der Waals surface area contributed by atoms with Crippen LogP contribution < -0.4 is 15.4 Å². The van der Waals surface area contributed by atoms with Crippen LogP contribution in [0.3, 0.4) is 0 Å². The molecular weight excluding hydrogens is 374 g/mol. The third-order valence-corrected chi connectivity index (χ3v) is 5.49. The summed E-state index contributed by atoms with van der Waals surface area (Å²) in [6.07, 6.45) is 0.0895. The molecule has 1 aliphatic heterocycles. The zero-order chi connectivity index (χ0) is 20.1. The lowest BCUT2D eigenvalue weighted by Crippen LogP contribution is -2.28. The second-order valence-electron chi connectivity index (χ2n) is 6.44. The first kappa shape index (κ1) is 19.9. The van der Waals surface area contributed by atoms with Crippen LogP contribution in [0.5, 0.6) is 5.75 Å². The van der Waals surface area contributed by atoms with E-state index in [1.807, 2.05) is 63.2 Å². The predicted octanol–water partition coefficient (Wildman–Crippen LogP) is 3.95. The molecule has 0 aromatic heterocycles. The number of amides is 2. The van der Waals surface area contributed by atoms with Crippen molar-refractivity contribution in [2.75, 3.05) is 11.9 Å². The number of benzene rings is 2. The minimum Gasteiger partial charge on any atom is -0.494 e. The number of hydrogen-bond acceptors (Lipinski definition) is 5. The molecule has 3 rings (SSSR count). The maximum Gasteiger partial charge on any atom is 0.240 e. The Kier molecular flexibility index (Phi) is 6.36. The van der Waals surface area contributed by atoms with Crippen molar-refractivity contribution in [1.82, 2.24) is 5.32 Å². The number of thioether (sulfide) groups is 1. The number of hydrogen-bond donors (Lipinski definition) is 2. The summed E-state index contributed by atoms with van der Waals surface area (Å²) >= 11 is 1.27. The van der Waals surface area contributed by atoms with Crippen LogP contribution in [0.2, 0.25) is 0 Å². The van der Waals surface area contributed by atoms with Gasteiger partial charge in [0.25, 0.3) is 0 Å². The SMILES string of the molecule is CCOc1ccc(N=C2NC(=O)[C@H](CC(=O)Nc3cccc(C)c3C)S2)cc1. The van der Waals surface area contributed by atoms with Crippen molar-refractivity contribution in [3.05, 3.63) is 53.6 Å². The van der Waals surface area contributed by atoms with E-state index >= 15 is 0 Å². The van der Waals surface area contributed by atoms with Gasteiger partial charge in [-0.3, -0.25) is 9.59 Å². The highest BCUT2D eigenvalue weighted by Crippen LogP contribution is 2.27. The minimum absolute atomic E-state index is 0.0895. The molecule has 0 bridgehead atoms. The number of rotatable bonds is 6. The van der Waals surface area contributed by atoms with Gasteiger partial charge in [0.2, 0.25) is 11.8 Å². The fraction of sp³-hybridized carbons (Fsp3) is 0.286. The van der Waals surface area contributed by atoms with E-state index in [0.29, 0.717) is 17.5 Å². The molecule has 0 aliphatic carbocycles. The molecule has 2 amide bonds. The Morgan fingerprint density at radius 3 is 2.68 bits per heavy atom. The molecule has 1 aliphatic rings. The van der Waals surface area contributed by atoms with Crippen LogP contribution in [0.15, 0.2) is 47.5 Å². The molecule has 0 saturated carbocycles. The monoisotopic (exact) mass is 397 g/mol. The van der Waals surface area contributed by atoms with E-state index in [1.165, 1.54) is 11.8 Å². The molecule has 1 heterocycles. The summed E-state index contributed by atoms with van der Waals surface area (Å²) in [6, 6.07) is 13.1. The molecule has 7 heteroatoms. The van der Waals surface area contributed by atoms with Crippen molar-refractivity contribution >= 4 is 40.1 Å². The number of amidine groups is 1. The Bertz CT molecular complexity index is 910. The van der Waals surface area contributed by atoms with E-state index in [-0.39, 0.29) is 18.2 Å². The van der Waals surface area contributed by atoms with Gasteiger partial charge in [-0.2, -0.15) is 0 Å². The third-order valence-electron chi connectivity index (χ3n) is 4.40. The Morgan fingerprint density at radius 1 is 1.21 bits per heavy atom. The van der Waals surface area contributed by atoms with Crippen LogP contribution in [0.1, 0.15) is 24.5 Å². The van der Waals surface area contributed by atoms with E-state index in [2.05, 4.69) is 15.6 Å². The number of carbonyl (C=O) groups is 2. The summed E-state index contributed by atoms with van der Waals surface area (Å²) in [7, 11) is 0. The topological polar surface area (TPSA) is 79.8 Å². The Hall–Kier alpha value is -2.80. The average Bonchev–Trinajstić information content (AvgIpc) is 3.00. The van der Waals surface area contributed by atoms with Gasteiger partial charge in [-0.25, -0.2) is 4.99 Å². The zero-order valence-corrected chi connectivity index (χ0v) is 16.9. The maximum absolute atomic E-state index is 12.4. The van der Waals surface area contributed by atoms with Crippen LogP contribution in [0, 0.1) is 13.8 Å². The predicted molar refractivity (Wildman–Crippen MR) is 113 cm³/mol. The number of aliphatic imine (C=N–C) groups is 1. The zero-order valence-electron chi connectivity index (χ0n) is 16.1. The van der Waals surface area contributed by atoms with Crippen molar-refractivity contribution < 1.29 is 14.3 Å². The van der Waals surface area contributed by atoms with E-state index in [9.17, 15) is 9.59 Å². The smallest absolute Gasteiger partial charge is 0.240 e. The summed E-state index contributed by atoms with van der Waals surface area (Å²) in [4.78, 5) is 29.0. The van der Waals surface area contributed by atoms with Gasteiger partial charge in [-0.15, -0.1) is 0 Å². The molecule has 2 N–H and O–H groups in total. The van der Waals surface area contributed by atoms with Gasteiger partial charge in [-0.05, 0) is 62.2 Å². The first-order chi connectivity index (χ1) is 13.5. The quantitative estimate of drug-likeness (QED) is 0.773. The second kappa shape index (κ2) is 8.93. The molecule has 1 atom stereocenters. The summed E-state index contributed by atoms with van der Waals surface area (Å²) in [6.45, 7) is 6.49. The number of carbonyl (C=O) groups excluding carboxylic acids is 2. The first-order valence-electron chi connectivity index (χ1n) is 9.11. The normalized spacial score (nSPS) is 17.5. The van der Waals surface area contributed by atoms with Gasteiger partial charge in [0.1, 0.15) is 11.0 Å². The molecular formula is C21H23N3O3S. The number of nitrogens with one attached hydrogen (secondary N) is 2. The lowest BCUT2D eigenvalue weighted by molar-refractivity contribution is -0.122. The fourth-order valence-electron chi connectivity index (χ4n) is 2.75. The van der Waals surface area contributed by atoms with Crippen LogP contribution in [0.4, 0.5) is 11.4 Å². The van der Waals surface area contributed by atoms with E-state index < -0.39 is 5.25 Å². The van der Waals surface area contributed by atoms with Crippen molar-refractivity contribution in [3.8, 4) is 5.75 Å². The lowest BCUT2D eigenvalue weighted by Gasteiger charge is -2.11. The van der Waals surface area contributed by atoms with Crippen LogP contribution >= 0.6 is 11.8 Å². The first-order valence-corrected chi connectivity index (χ1v) is 9.99. The Balaban J connectivity index is 1.61. The Morgan fingerprint density at radius 2 is 1.96 bits per heavy atom. The minimum atomic E-state index is -0.494. The van der Waals surface area contributed by atoms with Crippen LogP contribution in [-0.4, -0.2) is 28.8 Å². The second-order valence-corrected chi connectivity index (χ2v) is 7.63. The third kappa shape index (κ3) is 4.92. The molecule has 1 fully saturated rings. The molecule has 146 valence electrons. The van der Waals surface area contributed by atoms with Gasteiger partial charge in [-0.1, -0.05) is 23.9 Å². The molecule has 2 aromatic rings. The molecule has 0 unspecified atom stereocenters. The number of nitrogens with zero attached hydrogens (tertiary/aromatic N) is 1. The molecule has 0 spiro atoms. The van der Waals surface area contributed by atoms with Gasteiger partial charge < -0.3 is 15.4 Å². The molecule has 28 heavy (non-hydrogen) atoms. The fourth-order valence-corrected chi connectivity index (χ4v) is 3.74. The number of aryl methyl sites for hydroxylation is 1. The Labute approximate surface area is 168 Å². The highest BCUT2D eigenvalue weighted by molar-refractivity contribution is 8.15. The number of anilines is 1. The summed E-state index contributed by atoms with van der Waals surface area (Å²) in [5.41, 5.74) is 3.62. The van der Waals surface area contributed by atoms with Crippen molar-refractivity contribution in [2.24, 2.45) is 4.99 Å². The van der Waals surface area contributed by atoms with Crippen LogP contribution in [0.25, 0.3) is 0 Å². The summed E-state index contributed by atoms with van der Waals surface area (Å²) < 4.78 is 5.41. The van der Waals surface area contributed by atoms with Gasteiger partial charge in [0.15, 0.2) is 5.17 Å². The molecule has 1 saturated heterocycles. The maximum atomic E-state index is 12.4. The van der Waals surface area contributed by atoms with Crippen molar-refractivity contribution in [2.45, 2.75) is 32.4 Å². The highest BCUT2D eigenvalue weighted by Gasteiger charge is 2.32. The lowest BCUT2D eigenvalue weighted by atomic mass is 10.1. The van der Waals surface area contributed by atoms with Crippen LogP contribution in [-0.2, 0) is 9.59 Å². The van der Waals surface area contributed by atoms with Crippen molar-refractivity contribution in [1.29, 1.82) is 0 Å². The van der Waals surface area contributed by atoms with Crippen molar-refractivity contribution in [3.63, 3.8) is 0 Å². The highest BCUT2D eigenvalue weighted by atomic mass is 32.2. The number of ether oxygens (including phenoxy) is 1. The van der Waals surface area contributed by atoms with Gasteiger partial charge in [0.05, 0.1) is 12.3 Å². The molecule has 6 nitrogen and oxygen atoms in total. The van der Waals surface area contributed by atoms with Gasteiger partial charge in [0, 0.05) is 12.1 Å². The average molecular weight is 398 g/mol. The largest absolute Gasteiger partial charge is 0.494 e. The summed E-state index contributed by atoms with van der Waals surface area (Å²) in [5, 5.41) is 5.64. The molecule has 2 aromatic carbocycles. The van der Waals surface area contributed by atoms with E-state index in [4.69, 9.17) is 4.74 Å². The van der Waals surface area contributed by atoms with E-state index in [1.54, 1.807) is 0 Å². The molecule has 0 radical (unpaired) electrons. The standard InChI is InChI=1S/C21H23N3O3S/c1-4-27-16-10-8-15(9-11-16)22-21-24-20(26)18(28-21)12-19(25)23-17-7-5-6-13(2)14(17)3/h5-11,18H,4,12H2,1-3H3,(H,23,25)(H,22,24,26)/t18-/m0/s1. The van der Waals surface area contributed by atoms with E-state index in [0.717, 1.165) is 22.6 Å².